The van der Waals surface area contributed by atoms with E-state index in [4.69, 9.17) is 19.3 Å². The van der Waals surface area contributed by atoms with Gasteiger partial charge in [0.15, 0.2) is 12.3 Å². The van der Waals surface area contributed by atoms with Gasteiger partial charge in [0, 0.05) is 11.8 Å². The number of aryl methyl sites for hydroxylation is 1. The van der Waals surface area contributed by atoms with Gasteiger partial charge >= 0.3 is 23.6 Å². The predicted octanol–water partition coefficient (Wildman–Crippen LogP) is 0.744. The van der Waals surface area contributed by atoms with Gasteiger partial charge in [0.1, 0.15) is 25.4 Å². The Morgan fingerprint density at radius 1 is 0.947 bits per heavy atom. The van der Waals surface area contributed by atoms with Crippen molar-refractivity contribution in [3.63, 3.8) is 0 Å². The molecule has 1 aliphatic rings. The molecule has 4 atom stereocenters. The van der Waals surface area contributed by atoms with Gasteiger partial charge in [0.2, 0.25) is 0 Å². The number of carbonyl (C=O) groups excluding carboxylic acids is 2. The van der Waals surface area contributed by atoms with E-state index in [2.05, 4.69) is 0 Å². The van der Waals surface area contributed by atoms with E-state index in [0.29, 0.717) is 4.57 Å². The number of aliphatic hydroxyl groups excluding tert-OH is 1. The van der Waals surface area contributed by atoms with Crippen LogP contribution < -0.4 is 11.2 Å². The highest BCUT2D eigenvalue weighted by Gasteiger charge is 2.48. The fraction of sp³-hybridized carbons (Fsp3) is 0.269. The van der Waals surface area contributed by atoms with Gasteiger partial charge in [-0.1, -0.05) is 36.4 Å². The van der Waals surface area contributed by atoms with E-state index >= 15 is 0 Å². The van der Waals surface area contributed by atoms with Gasteiger partial charge in [-0.15, -0.1) is 0 Å². The van der Waals surface area contributed by atoms with Crippen LogP contribution in [0.5, 0.6) is 0 Å². The van der Waals surface area contributed by atoms with Crippen LogP contribution in [0.4, 0.5) is 0 Å². The summed E-state index contributed by atoms with van der Waals surface area (Å²) in [5.41, 5.74) is -1.44. The van der Waals surface area contributed by atoms with Gasteiger partial charge in [-0.25, -0.2) is 19.0 Å². The number of carboxylic acid groups (broad SMARTS) is 1. The Kier molecular flexibility index (Phi) is 7.84. The summed E-state index contributed by atoms with van der Waals surface area (Å²) in [5.74, 6) is -2.94. The Morgan fingerprint density at radius 2 is 1.53 bits per heavy atom. The number of nitrogens with zero attached hydrogens (tertiary/aromatic N) is 2. The number of carboxylic acids is 1. The number of esters is 2. The summed E-state index contributed by atoms with van der Waals surface area (Å²) in [6.07, 6.45) is -4.60. The minimum Gasteiger partial charge on any atom is -0.480 e. The lowest BCUT2D eigenvalue weighted by Gasteiger charge is -2.23. The molecule has 0 aliphatic carbocycles. The lowest BCUT2D eigenvalue weighted by atomic mass is 10.1. The average Bonchev–Trinajstić information content (AvgIpc) is 3.22. The molecule has 2 aromatic carbocycles. The van der Waals surface area contributed by atoms with Crippen LogP contribution in [-0.4, -0.2) is 62.2 Å². The Morgan fingerprint density at radius 3 is 2.11 bits per heavy atom. The van der Waals surface area contributed by atoms with Crippen molar-refractivity contribution < 1.29 is 38.8 Å². The summed E-state index contributed by atoms with van der Waals surface area (Å²) in [6, 6.07) is 16.0. The lowest BCUT2D eigenvalue weighted by molar-refractivity contribution is -0.137. The molecule has 3 aromatic rings. The van der Waals surface area contributed by atoms with E-state index in [1.807, 2.05) is 0 Å². The highest BCUT2D eigenvalue weighted by atomic mass is 16.6. The number of aromatic nitrogens is 2. The Labute approximate surface area is 215 Å². The molecule has 1 fully saturated rings. The molecule has 0 saturated carbocycles. The minimum absolute atomic E-state index is 0.0102. The van der Waals surface area contributed by atoms with Crippen LogP contribution in [-0.2, 0) is 25.5 Å². The van der Waals surface area contributed by atoms with Gasteiger partial charge < -0.3 is 24.4 Å². The first-order valence-electron chi connectivity index (χ1n) is 11.5. The minimum atomic E-state index is -1.55. The van der Waals surface area contributed by atoms with Crippen molar-refractivity contribution in [3.05, 3.63) is 104 Å². The third kappa shape index (κ3) is 5.56. The molecule has 1 aliphatic heterocycles. The van der Waals surface area contributed by atoms with Crippen LogP contribution in [0.15, 0.2) is 76.4 Å². The van der Waals surface area contributed by atoms with Crippen LogP contribution in [0.1, 0.15) is 32.5 Å². The largest absolute Gasteiger partial charge is 0.480 e. The highest BCUT2D eigenvalue weighted by Crippen LogP contribution is 2.32. The quantitative estimate of drug-likeness (QED) is 0.402. The Bertz CT molecular complexity index is 1450. The topological polar surface area (TPSA) is 163 Å². The van der Waals surface area contributed by atoms with Gasteiger partial charge in [0.05, 0.1) is 11.1 Å². The molecule has 2 N–H and O–H groups in total. The zero-order valence-electron chi connectivity index (χ0n) is 20.1. The van der Waals surface area contributed by atoms with E-state index in [-0.39, 0.29) is 16.7 Å². The van der Waals surface area contributed by atoms with Crippen molar-refractivity contribution in [1.82, 2.24) is 9.13 Å². The molecule has 0 bridgehead atoms. The first kappa shape index (κ1) is 26.5. The molecule has 0 spiro atoms. The van der Waals surface area contributed by atoms with Crippen LogP contribution in [0.2, 0.25) is 0 Å². The monoisotopic (exact) mass is 524 g/mol. The summed E-state index contributed by atoms with van der Waals surface area (Å²) in [6.45, 7) is 0.000592. The molecule has 0 radical (unpaired) electrons. The molecule has 12 nitrogen and oxygen atoms in total. The number of carbonyl (C=O) groups is 3. The first-order chi connectivity index (χ1) is 18.2. The summed E-state index contributed by atoms with van der Waals surface area (Å²) < 4.78 is 18.0. The van der Waals surface area contributed by atoms with Gasteiger partial charge in [-0.2, -0.15) is 0 Å². The van der Waals surface area contributed by atoms with Gasteiger partial charge in [-0.3, -0.25) is 14.2 Å². The second kappa shape index (κ2) is 11.2. The highest BCUT2D eigenvalue weighted by molar-refractivity contribution is 5.90. The molecule has 2 heterocycles. The third-order valence-electron chi connectivity index (χ3n) is 5.89. The Hall–Kier alpha value is -4.55. The number of aliphatic hydroxyl groups is 1. The second-order valence-electron chi connectivity index (χ2n) is 8.54. The van der Waals surface area contributed by atoms with Crippen LogP contribution >= 0.6 is 0 Å². The molecular formula is C26H24N2O10. The summed E-state index contributed by atoms with van der Waals surface area (Å²) in [7, 11) is 0. The number of ether oxygens (including phenoxy) is 3. The van der Waals surface area contributed by atoms with E-state index in [1.165, 1.54) is 31.2 Å². The van der Waals surface area contributed by atoms with E-state index in [0.717, 1.165) is 10.8 Å². The van der Waals surface area contributed by atoms with Crippen molar-refractivity contribution in [2.24, 2.45) is 0 Å². The maximum atomic E-state index is 13.1. The van der Waals surface area contributed by atoms with Gasteiger partial charge in [-0.05, 0) is 31.2 Å². The summed E-state index contributed by atoms with van der Waals surface area (Å²) >= 11 is 0. The Balaban J connectivity index is 1.66. The standard InChI is InChI=1S/C26H24N2O10/c1-15-12-28(26(35)27(22(15)32)13-19(29)30)23-21(38-25(34)17-10-6-3-7-11-17)20(31)18(37-23)14-36-24(33)16-8-4-2-5-9-16/h2-12,18,20-21,23,31H,13-14H2,1H3,(H,29,30)/t18-,20-,21-,23-/m1/s1. The average molecular weight is 524 g/mol. The number of rotatable bonds is 8. The first-order valence-corrected chi connectivity index (χ1v) is 11.5. The fourth-order valence-corrected chi connectivity index (χ4v) is 4.00. The molecule has 1 saturated heterocycles. The molecule has 4 rings (SSSR count). The third-order valence-corrected chi connectivity index (χ3v) is 5.89. The molecule has 0 amide bonds. The zero-order chi connectivity index (χ0) is 27.4. The predicted molar refractivity (Wildman–Crippen MR) is 130 cm³/mol. The van der Waals surface area contributed by atoms with Crippen molar-refractivity contribution in [3.8, 4) is 0 Å². The van der Waals surface area contributed by atoms with E-state index < -0.39 is 66.8 Å². The van der Waals surface area contributed by atoms with E-state index in [1.54, 1.807) is 36.4 Å². The molecule has 38 heavy (non-hydrogen) atoms. The van der Waals surface area contributed by atoms with Crippen molar-refractivity contribution in [2.45, 2.75) is 38.0 Å². The number of benzene rings is 2. The zero-order valence-corrected chi connectivity index (χ0v) is 20.1. The number of hydrogen-bond donors (Lipinski definition) is 2. The molecule has 198 valence electrons. The van der Waals surface area contributed by atoms with Crippen molar-refractivity contribution >= 4 is 17.9 Å². The second-order valence-corrected chi connectivity index (χ2v) is 8.54. The SMILES string of the molecule is Cc1cn([C@@H]2O[C@H](COC(=O)c3ccccc3)[C@@H](O)[C@H]2OC(=O)c2ccccc2)c(=O)n(CC(=O)O)c1=O. The fourth-order valence-electron chi connectivity index (χ4n) is 4.00. The van der Waals surface area contributed by atoms with Gasteiger partial charge in [0.25, 0.3) is 5.56 Å². The lowest BCUT2D eigenvalue weighted by Crippen LogP contribution is -2.46. The summed E-state index contributed by atoms with van der Waals surface area (Å²) in [4.78, 5) is 62.0. The van der Waals surface area contributed by atoms with Crippen LogP contribution in [0.25, 0.3) is 0 Å². The number of aliphatic carboxylic acids is 1. The maximum absolute atomic E-state index is 13.1. The molecule has 12 heteroatoms. The summed E-state index contributed by atoms with van der Waals surface area (Å²) in [5, 5.41) is 20.2. The molecular weight excluding hydrogens is 500 g/mol. The van der Waals surface area contributed by atoms with Crippen molar-refractivity contribution in [2.75, 3.05) is 6.61 Å². The molecule has 1 aromatic heterocycles. The van der Waals surface area contributed by atoms with E-state index in [9.17, 15) is 29.1 Å². The van der Waals surface area contributed by atoms with Crippen LogP contribution in [0, 0.1) is 6.92 Å². The normalized spacial score (nSPS) is 20.6. The number of hydrogen-bond acceptors (Lipinski definition) is 9. The maximum Gasteiger partial charge on any atom is 0.338 e. The van der Waals surface area contributed by atoms with Crippen molar-refractivity contribution in [1.29, 1.82) is 0 Å². The van der Waals surface area contributed by atoms with Crippen LogP contribution in [0.3, 0.4) is 0 Å². The molecule has 0 unspecified atom stereocenters. The smallest absolute Gasteiger partial charge is 0.338 e.